The molecule has 0 fully saturated rings. The molecule has 1 rings (SSSR count). The summed E-state index contributed by atoms with van der Waals surface area (Å²) >= 11 is 0. The summed E-state index contributed by atoms with van der Waals surface area (Å²) in [4.78, 5) is 4.50. The lowest BCUT2D eigenvalue weighted by molar-refractivity contribution is 0.0655. The quantitative estimate of drug-likeness (QED) is 0.318. The lowest BCUT2D eigenvalue weighted by atomic mass is 9.96. The monoisotopic (exact) mass is 355 g/mol. The third kappa shape index (κ3) is 7.90. The number of aryl methyl sites for hydroxylation is 2. The van der Waals surface area contributed by atoms with Gasteiger partial charge in [0.2, 0.25) is 0 Å². The minimum atomic E-state index is -1.08. The maximum Gasteiger partial charge on any atom is 0.191 e. The molecule has 1 atom stereocenters. The van der Waals surface area contributed by atoms with Crippen molar-refractivity contribution in [3.8, 4) is 0 Å². The number of hydrogen-bond donors (Lipinski definition) is 3. The Labute approximate surface area is 150 Å². The molecule has 0 radical (unpaired) electrons. The van der Waals surface area contributed by atoms with E-state index in [0.29, 0.717) is 25.8 Å². The molecule has 1 heterocycles. The summed E-state index contributed by atoms with van der Waals surface area (Å²) in [6.07, 6.45) is 0.866. The fraction of sp³-hybridized carbons (Fsp3) is 0.722. The second-order valence-electron chi connectivity index (χ2n) is 6.18. The molecule has 7 nitrogen and oxygen atoms in total. The second kappa shape index (κ2) is 11.1. The Balaban J connectivity index is 2.50. The van der Waals surface area contributed by atoms with Crippen molar-refractivity contribution < 1.29 is 19.0 Å². The molecule has 0 aliphatic carbocycles. The molecule has 1 aromatic heterocycles. The van der Waals surface area contributed by atoms with Crippen LogP contribution >= 0.6 is 0 Å². The van der Waals surface area contributed by atoms with E-state index >= 15 is 0 Å². The number of guanidine groups is 1. The van der Waals surface area contributed by atoms with Crippen LogP contribution in [0.2, 0.25) is 0 Å². The van der Waals surface area contributed by atoms with Crippen molar-refractivity contribution in [2.45, 2.75) is 39.7 Å². The Morgan fingerprint density at radius 1 is 1.28 bits per heavy atom. The molecule has 0 aliphatic rings. The number of aliphatic imine (C=N–C) groups is 1. The molecule has 25 heavy (non-hydrogen) atoms. The summed E-state index contributed by atoms with van der Waals surface area (Å²) in [5.41, 5.74) is -0.302. The maximum atomic E-state index is 10.7. The molecule has 0 saturated heterocycles. The van der Waals surface area contributed by atoms with Crippen molar-refractivity contribution in [3.05, 3.63) is 23.2 Å². The highest BCUT2D eigenvalue weighted by molar-refractivity contribution is 5.79. The molecule has 7 heteroatoms. The smallest absolute Gasteiger partial charge is 0.191 e. The van der Waals surface area contributed by atoms with E-state index in [1.807, 2.05) is 26.8 Å². The third-order valence-corrected chi connectivity index (χ3v) is 3.70. The summed E-state index contributed by atoms with van der Waals surface area (Å²) in [6, 6.07) is 1.86. The van der Waals surface area contributed by atoms with Gasteiger partial charge >= 0.3 is 0 Å². The van der Waals surface area contributed by atoms with E-state index < -0.39 is 5.60 Å². The van der Waals surface area contributed by atoms with Crippen molar-refractivity contribution in [1.29, 1.82) is 0 Å². The highest BCUT2D eigenvalue weighted by Crippen LogP contribution is 2.27. The van der Waals surface area contributed by atoms with Crippen LogP contribution in [0, 0.1) is 13.8 Å². The van der Waals surface area contributed by atoms with Gasteiger partial charge in [-0.3, -0.25) is 0 Å². The van der Waals surface area contributed by atoms with Gasteiger partial charge in [-0.2, -0.15) is 0 Å². The van der Waals surface area contributed by atoms with E-state index in [4.69, 9.17) is 13.9 Å². The number of hydrogen-bond acceptors (Lipinski definition) is 5. The fourth-order valence-electron chi connectivity index (χ4n) is 2.45. The number of aliphatic hydroxyl groups is 1. The van der Waals surface area contributed by atoms with Gasteiger partial charge in [0, 0.05) is 32.4 Å². The molecule has 0 spiro atoms. The Hall–Kier alpha value is -1.57. The summed E-state index contributed by atoms with van der Waals surface area (Å²) < 4.78 is 15.9. The van der Waals surface area contributed by atoms with Gasteiger partial charge in [0.25, 0.3) is 0 Å². The number of nitrogens with zero attached hydrogens (tertiary/aromatic N) is 1. The van der Waals surface area contributed by atoms with E-state index in [1.165, 1.54) is 0 Å². The summed E-state index contributed by atoms with van der Waals surface area (Å²) in [7, 11) is 1.66. The first-order valence-electron chi connectivity index (χ1n) is 8.79. The Morgan fingerprint density at radius 3 is 2.64 bits per heavy atom. The van der Waals surface area contributed by atoms with E-state index in [9.17, 15) is 5.11 Å². The second-order valence-corrected chi connectivity index (χ2v) is 6.18. The molecule has 0 aromatic carbocycles. The van der Waals surface area contributed by atoms with Gasteiger partial charge in [0.15, 0.2) is 5.96 Å². The Kier molecular flexibility index (Phi) is 9.55. The van der Waals surface area contributed by atoms with Crippen molar-refractivity contribution in [2.75, 3.05) is 46.6 Å². The Morgan fingerprint density at radius 2 is 2.04 bits per heavy atom. The zero-order valence-corrected chi connectivity index (χ0v) is 16.1. The molecule has 0 aliphatic heterocycles. The first-order chi connectivity index (χ1) is 11.9. The molecule has 3 N–H and O–H groups in total. The van der Waals surface area contributed by atoms with Gasteiger partial charge in [-0.05, 0) is 40.2 Å². The highest BCUT2D eigenvalue weighted by atomic mass is 16.5. The van der Waals surface area contributed by atoms with Gasteiger partial charge in [0.1, 0.15) is 17.1 Å². The van der Waals surface area contributed by atoms with Crippen LogP contribution in [0.3, 0.4) is 0 Å². The molecule has 0 bridgehead atoms. The number of rotatable bonds is 11. The van der Waals surface area contributed by atoms with E-state index in [1.54, 1.807) is 14.0 Å². The van der Waals surface area contributed by atoms with Crippen molar-refractivity contribution in [2.24, 2.45) is 4.99 Å². The van der Waals surface area contributed by atoms with Crippen LogP contribution in [0.25, 0.3) is 0 Å². The first-order valence-corrected chi connectivity index (χ1v) is 8.79. The zero-order valence-electron chi connectivity index (χ0n) is 16.1. The van der Waals surface area contributed by atoms with Crippen LogP contribution in [0.4, 0.5) is 0 Å². The molecule has 144 valence electrons. The van der Waals surface area contributed by atoms with E-state index in [-0.39, 0.29) is 6.54 Å². The average Bonchev–Trinajstić information content (AvgIpc) is 2.91. The topological polar surface area (TPSA) is 88.3 Å². The Bertz CT molecular complexity index is 526. The first kappa shape index (κ1) is 21.5. The minimum Gasteiger partial charge on any atom is -0.466 e. The normalized spacial score (nSPS) is 14.4. The van der Waals surface area contributed by atoms with Crippen LogP contribution in [0.5, 0.6) is 0 Å². The van der Waals surface area contributed by atoms with Crippen LogP contribution < -0.4 is 10.6 Å². The molecule has 0 amide bonds. The number of ether oxygens (including phenoxy) is 2. The number of furan rings is 1. The summed E-state index contributed by atoms with van der Waals surface area (Å²) in [5, 5.41) is 17.2. The highest BCUT2D eigenvalue weighted by Gasteiger charge is 2.27. The summed E-state index contributed by atoms with van der Waals surface area (Å²) in [5.74, 6) is 2.19. The van der Waals surface area contributed by atoms with Gasteiger partial charge in [-0.15, -0.1) is 0 Å². The largest absolute Gasteiger partial charge is 0.466 e. The van der Waals surface area contributed by atoms with E-state index in [0.717, 1.165) is 36.6 Å². The molecular weight excluding hydrogens is 322 g/mol. The van der Waals surface area contributed by atoms with Crippen LogP contribution in [-0.4, -0.2) is 57.6 Å². The lowest BCUT2D eigenvalue weighted by Crippen LogP contribution is -2.39. The SMILES string of the molecule is CCNC(=NCC(C)(O)c1cc(C)oc1C)NCCCOCCOC. The number of nitrogens with one attached hydrogen (secondary N) is 2. The molecule has 1 unspecified atom stereocenters. The van der Waals surface area contributed by atoms with Crippen LogP contribution in [-0.2, 0) is 15.1 Å². The van der Waals surface area contributed by atoms with Crippen molar-refractivity contribution in [3.63, 3.8) is 0 Å². The van der Waals surface area contributed by atoms with Gasteiger partial charge in [-0.25, -0.2) is 4.99 Å². The molecular formula is C18H33N3O4. The van der Waals surface area contributed by atoms with Crippen molar-refractivity contribution in [1.82, 2.24) is 10.6 Å². The fourth-order valence-corrected chi connectivity index (χ4v) is 2.45. The minimum absolute atomic E-state index is 0.243. The van der Waals surface area contributed by atoms with Crippen LogP contribution in [0.1, 0.15) is 37.4 Å². The predicted molar refractivity (Wildman–Crippen MR) is 99.0 cm³/mol. The lowest BCUT2D eigenvalue weighted by Gasteiger charge is -2.21. The van der Waals surface area contributed by atoms with Gasteiger partial charge < -0.3 is 29.6 Å². The molecule has 1 aromatic rings. The van der Waals surface area contributed by atoms with E-state index in [2.05, 4.69) is 15.6 Å². The number of methoxy groups -OCH3 is 1. The predicted octanol–water partition coefficient (Wildman–Crippen LogP) is 1.71. The third-order valence-electron chi connectivity index (χ3n) is 3.70. The van der Waals surface area contributed by atoms with Gasteiger partial charge in [-0.1, -0.05) is 0 Å². The zero-order chi connectivity index (χ0) is 18.7. The van der Waals surface area contributed by atoms with Crippen molar-refractivity contribution >= 4 is 5.96 Å². The average molecular weight is 355 g/mol. The maximum absolute atomic E-state index is 10.7. The molecule has 0 saturated carbocycles. The van der Waals surface area contributed by atoms with Crippen LogP contribution in [0.15, 0.2) is 15.5 Å². The van der Waals surface area contributed by atoms with Gasteiger partial charge in [0.05, 0.1) is 19.8 Å². The standard InChI is InChI=1S/C18H33N3O4/c1-6-19-17(20-8-7-9-24-11-10-23-5)21-13-18(4,22)16-12-14(2)25-15(16)3/h12,22H,6-11,13H2,1-5H3,(H2,19,20,21). The summed E-state index contributed by atoms with van der Waals surface area (Å²) in [6.45, 7) is 11.1.